The maximum absolute atomic E-state index is 12.6. The summed E-state index contributed by atoms with van der Waals surface area (Å²) >= 11 is 0. The predicted molar refractivity (Wildman–Crippen MR) is 154 cm³/mol. The minimum Gasteiger partial charge on any atom is -0.464 e. The van der Waals surface area contributed by atoms with Gasteiger partial charge in [0.05, 0.1) is 84.8 Å². The van der Waals surface area contributed by atoms with Crippen molar-refractivity contribution in [1.29, 1.82) is 0 Å². The quantitative estimate of drug-likeness (QED) is 0.0540. The molecular formula is C30H51NO12. The predicted octanol–water partition coefficient (Wildman–Crippen LogP) is 1.27. The summed E-state index contributed by atoms with van der Waals surface area (Å²) in [6.07, 6.45) is 6.42. The van der Waals surface area contributed by atoms with Gasteiger partial charge in [-0.1, -0.05) is 12.2 Å². The van der Waals surface area contributed by atoms with Gasteiger partial charge in [0, 0.05) is 33.9 Å². The largest absolute Gasteiger partial charge is 0.464 e. The molecule has 2 rings (SSSR count). The van der Waals surface area contributed by atoms with Crippen LogP contribution in [0.15, 0.2) is 12.2 Å². The standard InChI is InChI=1S/C30H51NO12/c1-35-11-13-37-15-17-39-19-21-41-28(32)5-7-31(9-10-43-30(34)27-24-25-3-4-26(27)23-25)8-6-29(33)42-22-20-40-18-16-38-14-12-36-2/h3-4,25-27H,5-24H2,1-2H3. The number of methoxy groups -OCH3 is 2. The summed E-state index contributed by atoms with van der Waals surface area (Å²) in [5, 5.41) is 0. The van der Waals surface area contributed by atoms with Crippen molar-refractivity contribution in [2.45, 2.75) is 25.7 Å². The number of ether oxygens (including phenoxy) is 9. The summed E-state index contributed by atoms with van der Waals surface area (Å²) in [7, 11) is 3.22. The van der Waals surface area contributed by atoms with Gasteiger partial charge < -0.3 is 42.6 Å². The van der Waals surface area contributed by atoms with E-state index in [1.807, 2.05) is 4.90 Å². The maximum atomic E-state index is 12.6. The van der Waals surface area contributed by atoms with E-state index >= 15 is 0 Å². The number of carbonyl (C=O) groups excluding carboxylic acids is 3. The van der Waals surface area contributed by atoms with Crippen LogP contribution in [0, 0.1) is 17.8 Å². The van der Waals surface area contributed by atoms with Crippen molar-refractivity contribution in [2.24, 2.45) is 17.8 Å². The highest BCUT2D eigenvalue weighted by molar-refractivity contribution is 5.74. The Morgan fingerprint density at radius 1 is 0.581 bits per heavy atom. The van der Waals surface area contributed by atoms with E-state index in [1.165, 1.54) is 0 Å². The third kappa shape index (κ3) is 17.7. The van der Waals surface area contributed by atoms with E-state index in [0.29, 0.717) is 78.4 Å². The highest BCUT2D eigenvalue weighted by Gasteiger charge is 2.40. The molecule has 13 nitrogen and oxygen atoms in total. The van der Waals surface area contributed by atoms with Gasteiger partial charge in [-0.25, -0.2) is 0 Å². The first kappa shape index (κ1) is 37.1. The van der Waals surface area contributed by atoms with E-state index in [1.54, 1.807) is 14.2 Å². The SMILES string of the molecule is COCCOCCOCCOC(=O)CCN(CCOC(=O)C1CC2C=CC1C2)CCC(=O)OCCOCCOCCOC. The average molecular weight is 618 g/mol. The van der Waals surface area contributed by atoms with E-state index in [2.05, 4.69) is 12.2 Å². The van der Waals surface area contributed by atoms with E-state index in [0.717, 1.165) is 12.8 Å². The van der Waals surface area contributed by atoms with Crippen LogP contribution in [0.1, 0.15) is 25.7 Å². The average Bonchev–Trinajstić information content (AvgIpc) is 3.65. The lowest BCUT2D eigenvalue weighted by molar-refractivity contribution is -0.151. The Balaban J connectivity index is 1.62. The van der Waals surface area contributed by atoms with Crippen LogP contribution >= 0.6 is 0 Å². The number of hydrogen-bond acceptors (Lipinski definition) is 13. The monoisotopic (exact) mass is 617 g/mol. The van der Waals surface area contributed by atoms with Gasteiger partial charge in [-0.15, -0.1) is 0 Å². The van der Waals surface area contributed by atoms with Crippen LogP contribution in [0.25, 0.3) is 0 Å². The third-order valence-electron chi connectivity index (χ3n) is 7.09. The molecule has 13 heteroatoms. The molecule has 0 spiro atoms. The lowest BCUT2D eigenvalue weighted by Gasteiger charge is -2.22. The van der Waals surface area contributed by atoms with E-state index < -0.39 is 0 Å². The van der Waals surface area contributed by atoms with E-state index in [4.69, 9.17) is 42.6 Å². The number of carbonyl (C=O) groups is 3. The molecule has 0 aliphatic heterocycles. The summed E-state index contributed by atoms with van der Waals surface area (Å²) in [6.45, 7) is 5.83. The molecule has 0 amide bonds. The number of hydrogen-bond donors (Lipinski definition) is 0. The molecule has 0 aromatic rings. The van der Waals surface area contributed by atoms with Gasteiger partial charge in [-0.05, 0) is 24.7 Å². The molecule has 43 heavy (non-hydrogen) atoms. The van der Waals surface area contributed by atoms with Crippen molar-refractivity contribution in [3.05, 3.63) is 12.2 Å². The number of rotatable bonds is 28. The lowest BCUT2D eigenvalue weighted by atomic mass is 9.94. The van der Waals surface area contributed by atoms with Crippen LogP contribution < -0.4 is 0 Å². The van der Waals surface area contributed by atoms with Crippen molar-refractivity contribution in [2.75, 3.05) is 120 Å². The summed E-state index contributed by atoms with van der Waals surface area (Å²) in [6, 6.07) is 0. The third-order valence-corrected chi connectivity index (χ3v) is 7.09. The molecule has 0 aromatic carbocycles. The van der Waals surface area contributed by atoms with Gasteiger partial charge >= 0.3 is 17.9 Å². The fourth-order valence-corrected chi connectivity index (χ4v) is 4.77. The number of esters is 3. The Labute approximate surface area is 255 Å². The van der Waals surface area contributed by atoms with Crippen LogP contribution in [0.5, 0.6) is 0 Å². The highest BCUT2D eigenvalue weighted by Crippen LogP contribution is 2.43. The van der Waals surface area contributed by atoms with Gasteiger partial charge in [-0.3, -0.25) is 19.3 Å². The number of nitrogens with zero attached hydrogens (tertiary/aromatic N) is 1. The fraction of sp³-hybridized carbons (Fsp3) is 0.833. The molecule has 3 unspecified atom stereocenters. The minimum atomic E-state index is -0.373. The summed E-state index contributed by atoms with van der Waals surface area (Å²) in [5.41, 5.74) is 0. The van der Waals surface area contributed by atoms with Crippen molar-refractivity contribution in [3.63, 3.8) is 0 Å². The molecule has 0 heterocycles. The van der Waals surface area contributed by atoms with Crippen molar-refractivity contribution in [1.82, 2.24) is 4.90 Å². The second-order valence-corrected chi connectivity index (χ2v) is 10.3. The van der Waals surface area contributed by atoms with Crippen LogP contribution in [0.2, 0.25) is 0 Å². The normalized spacial score (nSPS) is 18.8. The molecule has 1 saturated carbocycles. The molecule has 0 saturated heterocycles. The zero-order valence-corrected chi connectivity index (χ0v) is 25.9. The Hall–Kier alpha value is -2.13. The van der Waals surface area contributed by atoms with Gasteiger partial charge in [0.15, 0.2) is 0 Å². The molecule has 0 radical (unpaired) electrons. The Morgan fingerprint density at radius 2 is 1.07 bits per heavy atom. The van der Waals surface area contributed by atoms with Crippen molar-refractivity contribution >= 4 is 17.9 Å². The van der Waals surface area contributed by atoms with Crippen LogP contribution in [0.4, 0.5) is 0 Å². The van der Waals surface area contributed by atoms with Gasteiger partial charge in [0.2, 0.25) is 0 Å². The van der Waals surface area contributed by atoms with Crippen molar-refractivity contribution < 1.29 is 57.0 Å². The topological polar surface area (TPSA) is 138 Å². The first-order valence-corrected chi connectivity index (χ1v) is 15.2. The van der Waals surface area contributed by atoms with Crippen LogP contribution in [-0.4, -0.2) is 143 Å². The van der Waals surface area contributed by atoms with Crippen LogP contribution in [-0.2, 0) is 57.0 Å². The molecule has 2 aliphatic carbocycles. The highest BCUT2D eigenvalue weighted by atomic mass is 16.6. The first-order valence-electron chi connectivity index (χ1n) is 15.2. The van der Waals surface area contributed by atoms with Crippen LogP contribution in [0.3, 0.4) is 0 Å². The zero-order valence-electron chi connectivity index (χ0n) is 25.9. The van der Waals surface area contributed by atoms with E-state index in [9.17, 15) is 14.4 Å². The van der Waals surface area contributed by atoms with Gasteiger partial charge in [-0.2, -0.15) is 0 Å². The second kappa shape index (κ2) is 24.2. The first-order chi connectivity index (χ1) is 21.0. The molecule has 2 aliphatic rings. The van der Waals surface area contributed by atoms with E-state index in [-0.39, 0.29) is 75.6 Å². The molecular weight excluding hydrogens is 566 g/mol. The molecule has 3 atom stereocenters. The zero-order chi connectivity index (χ0) is 31.0. The summed E-state index contributed by atoms with van der Waals surface area (Å²) in [5.74, 6) is -0.244. The second-order valence-electron chi connectivity index (χ2n) is 10.3. The van der Waals surface area contributed by atoms with Gasteiger partial charge in [0.25, 0.3) is 0 Å². The Bertz CT molecular complexity index is 757. The minimum absolute atomic E-state index is 0.0771. The molecule has 2 bridgehead atoms. The van der Waals surface area contributed by atoms with Crippen molar-refractivity contribution in [3.8, 4) is 0 Å². The lowest BCUT2D eigenvalue weighted by Crippen LogP contribution is -2.34. The summed E-state index contributed by atoms with van der Waals surface area (Å²) < 4.78 is 47.2. The smallest absolute Gasteiger partial charge is 0.309 e. The maximum Gasteiger partial charge on any atom is 0.309 e. The molecule has 1 fully saturated rings. The summed E-state index contributed by atoms with van der Waals surface area (Å²) in [4.78, 5) is 39.0. The van der Waals surface area contributed by atoms with Gasteiger partial charge in [0.1, 0.15) is 19.8 Å². The Morgan fingerprint density at radius 3 is 1.51 bits per heavy atom. The molecule has 0 aromatic heterocycles. The fourth-order valence-electron chi connectivity index (χ4n) is 4.77. The number of fused-ring (bicyclic) bond motifs is 2. The number of allylic oxidation sites excluding steroid dienone is 2. The Kier molecular flexibility index (Phi) is 20.9. The molecule has 248 valence electrons. The molecule has 0 N–H and O–H groups in total.